The van der Waals surface area contributed by atoms with Crippen LogP contribution < -0.4 is 9.47 Å². The van der Waals surface area contributed by atoms with Crippen molar-refractivity contribution in [3.05, 3.63) is 59.3 Å². The van der Waals surface area contributed by atoms with Crippen LogP contribution in [0.1, 0.15) is 54.3 Å². The number of nitrogens with one attached hydrogen (secondary N) is 1. The van der Waals surface area contributed by atoms with Crippen LogP contribution in [0, 0.1) is 5.92 Å². The van der Waals surface area contributed by atoms with Crippen molar-refractivity contribution in [1.82, 2.24) is 15.1 Å². The number of carbonyl (C=O) groups is 1. The van der Waals surface area contributed by atoms with E-state index in [2.05, 4.69) is 24.0 Å². The van der Waals surface area contributed by atoms with E-state index in [1.807, 2.05) is 29.2 Å². The van der Waals surface area contributed by atoms with Crippen molar-refractivity contribution >= 4 is 5.91 Å². The molecule has 1 aromatic heterocycles. The Morgan fingerprint density at radius 1 is 1.11 bits per heavy atom. The van der Waals surface area contributed by atoms with E-state index in [-0.39, 0.29) is 11.7 Å². The maximum Gasteiger partial charge on any atom is 0.273 e. The lowest BCUT2D eigenvalue weighted by atomic mass is 9.95. The Kier molecular flexibility index (Phi) is 7.60. The van der Waals surface area contributed by atoms with Gasteiger partial charge >= 0.3 is 0 Å². The van der Waals surface area contributed by atoms with Crippen LogP contribution in [-0.2, 0) is 4.74 Å². The number of amides is 1. The van der Waals surface area contributed by atoms with E-state index in [4.69, 9.17) is 14.2 Å². The average molecular weight is 480 g/mol. The first-order valence-electron chi connectivity index (χ1n) is 11.9. The Hall–Kier alpha value is -3.52. The van der Waals surface area contributed by atoms with Gasteiger partial charge in [-0.3, -0.25) is 9.89 Å². The zero-order chi connectivity index (χ0) is 24.9. The van der Waals surface area contributed by atoms with Crippen LogP contribution in [0.2, 0.25) is 0 Å². The van der Waals surface area contributed by atoms with Crippen molar-refractivity contribution in [1.29, 1.82) is 0 Å². The minimum absolute atomic E-state index is 0.109. The number of hydrogen-bond donors (Lipinski definition) is 2. The van der Waals surface area contributed by atoms with Gasteiger partial charge in [0.2, 0.25) is 0 Å². The molecule has 2 N–H and O–H groups in total. The van der Waals surface area contributed by atoms with Gasteiger partial charge in [0, 0.05) is 31.4 Å². The van der Waals surface area contributed by atoms with E-state index in [0.717, 1.165) is 17.5 Å². The zero-order valence-corrected chi connectivity index (χ0v) is 20.7. The number of para-hydroxylation sites is 1. The molecule has 0 fully saturated rings. The highest BCUT2D eigenvalue weighted by Gasteiger charge is 2.42. The standard InChI is InChI=1S/C27H33N3O5/c1-17(2)12-15-35-21-11-10-18(16-22(21)34-4)26-23-24(19-8-5-6-9-20(19)31)28-29-25(23)27(32)30(26)13-7-14-33-3/h5-6,8-11,16-17,26,31H,7,12-15H2,1-4H3,(H,28,29). The number of phenolic OH excluding ortho intramolecular Hbond substituents is 1. The SMILES string of the molecule is COCCCN1C(=O)c2[nH]nc(-c3ccccc3O)c2C1c1ccc(OCCC(C)C)c(OC)c1. The molecular weight excluding hydrogens is 446 g/mol. The smallest absolute Gasteiger partial charge is 0.273 e. The summed E-state index contributed by atoms with van der Waals surface area (Å²) < 4.78 is 16.9. The minimum atomic E-state index is -0.402. The molecule has 35 heavy (non-hydrogen) atoms. The minimum Gasteiger partial charge on any atom is -0.507 e. The number of H-pyrrole nitrogens is 1. The summed E-state index contributed by atoms with van der Waals surface area (Å²) >= 11 is 0. The number of rotatable bonds is 11. The van der Waals surface area contributed by atoms with Crippen molar-refractivity contribution in [3.63, 3.8) is 0 Å². The number of ether oxygens (including phenoxy) is 3. The lowest BCUT2D eigenvalue weighted by Gasteiger charge is -2.27. The Bertz CT molecular complexity index is 1170. The number of fused-ring (bicyclic) bond motifs is 1. The summed E-state index contributed by atoms with van der Waals surface area (Å²) in [6.07, 6.45) is 1.63. The normalized spacial score (nSPS) is 15.1. The first kappa shape index (κ1) is 24.6. The Balaban J connectivity index is 1.76. The molecule has 4 rings (SSSR count). The highest BCUT2D eigenvalue weighted by Crippen LogP contribution is 2.45. The van der Waals surface area contributed by atoms with E-state index >= 15 is 0 Å². The molecule has 0 spiro atoms. The van der Waals surface area contributed by atoms with Crippen LogP contribution in [0.4, 0.5) is 0 Å². The van der Waals surface area contributed by atoms with Crippen molar-refractivity contribution in [2.45, 2.75) is 32.7 Å². The molecule has 2 aromatic carbocycles. The summed E-state index contributed by atoms with van der Waals surface area (Å²) in [5, 5.41) is 17.9. The van der Waals surface area contributed by atoms with E-state index in [1.165, 1.54) is 0 Å². The number of phenols is 1. The van der Waals surface area contributed by atoms with Gasteiger partial charge in [-0.25, -0.2) is 0 Å². The highest BCUT2D eigenvalue weighted by molar-refractivity contribution is 6.00. The van der Waals surface area contributed by atoms with Crippen molar-refractivity contribution in [3.8, 4) is 28.5 Å². The number of benzene rings is 2. The van der Waals surface area contributed by atoms with Gasteiger partial charge in [0.15, 0.2) is 11.5 Å². The third kappa shape index (κ3) is 4.98. The fraction of sp³-hybridized carbons (Fsp3) is 0.407. The maximum absolute atomic E-state index is 13.4. The second-order valence-corrected chi connectivity index (χ2v) is 9.07. The van der Waals surface area contributed by atoms with Crippen LogP contribution >= 0.6 is 0 Å². The first-order valence-corrected chi connectivity index (χ1v) is 11.9. The molecular formula is C27H33N3O5. The predicted molar refractivity (Wildman–Crippen MR) is 133 cm³/mol. The molecule has 2 heterocycles. The molecule has 1 unspecified atom stereocenters. The molecule has 1 atom stereocenters. The van der Waals surface area contributed by atoms with Gasteiger partial charge in [-0.2, -0.15) is 5.10 Å². The molecule has 1 amide bonds. The van der Waals surface area contributed by atoms with Crippen LogP contribution in [0.25, 0.3) is 11.3 Å². The number of nitrogens with zero attached hydrogens (tertiary/aromatic N) is 2. The van der Waals surface area contributed by atoms with Crippen LogP contribution in [0.5, 0.6) is 17.2 Å². The van der Waals surface area contributed by atoms with Crippen molar-refractivity contribution in [2.75, 3.05) is 34.0 Å². The number of methoxy groups -OCH3 is 2. The third-order valence-electron chi connectivity index (χ3n) is 6.23. The fourth-order valence-electron chi connectivity index (χ4n) is 4.41. The molecule has 8 nitrogen and oxygen atoms in total. The summed E-state index contributed by atoms with van der Waals surface area (Å²) in [7, 11) is 3.26. The molecule has 8 heteroatoms. The van der Waals surface area contributed by atoms with Crippen molar-refractivity contribution in [2.24, 2.45) is 5.92 Å². The van der Waals surface area contributed by atoms with Gasteiger partial charge in [-0.1, -0.05) is 32.0 Å². The first-order chi connectivity index (χ1) is 17.0. The molecule has 1 aliphatic heterocycles. The summed E-state index contributed by atoms with van der Waals surface area (Å²) in [5.41, 5.74) is 3.18. The number of aromatic hydroxyl groups is 1. The van der Waals surface area contributed by atoms with Gasteiger partial charge in [0.25, 0.3) is 5.91 Å². The summed E-state index contributed by atoms with van der Waals surface area (Å²) in [4.78, 5) is 15.2. The van der Waals surface area contributed by atoms with Gasteiger partial charge in [-0.05, 0) is 48.6 Å². The molecule has 0 saturated heterocycles. The van der Waals surface area contributed by atoms with E-state index < -0.39 is 6.04 Å². The van der Waals surface area contributed by atoms with E-state index in [1.54, 1.807) is 32.4 Å². The van der Waals surface area contributed by atoms with Gasteiger partial charge in [-0.15, -0.1) is 0 Å². The quantitative estimate of drug-likeness (QED) is 0.384. The van der Waals surface area contributed by atoms with Crippen LogP contribution in [0.15, 0.2) is 42.5 Å². The van der Waals surface area contributed by atoms with Gasteiger partial charge in [0.1, 0.15) is 17.1 Å². The van der Waals surface area contributed by atoms with E-state index in [0.29, 0.717) is 60.5 Å². The Morgan fingerprint density at radius 2 is 1.91 bits per heavy atom. The molecule has 3 aromatic rings. The predicted octanol–water partition coefficient (Wildman–Crippen LogP) is 4.80. The number of aromatic nitrogens is 2. The molecule has 0 saturated carbocycles. The Morgan fingerprint density at radius 3 is 2.63 bits per heavy atom. The molecule has 1 aliphatic rings. The lowest BCUT2D eigenvalue weighted by Crippen LogP contribution is -2.31. The van der Waals surface area contributed by atoms with Gasteiger partial charge < -0.3 is 24.2 Å². The molecule has 0 bridgehead atoms. The van der Waals surface area contributed by atoms with Crippen molar-refractivity contribution < 1.29 is 24.1 Å². The fourth-order valence-corrected chi connectivity index (χ4v) is 4.41. The molecule has 0 radical (unpaired) electrons. The second-order valence-electron chi connectivity index (χ2n) is 9.07. The monoisotopic (exact) mass is 479 g/mol. The highest BCUT2D eigenvalue weighted by atomic mass is 16.5. The average Bonchev–Trinajstić information content (AvgIpc) is 3.38. The second kappa shape index (κ2) is 10.8. The maximum atomic E-state index is 13.4. The Labute approximate surface area is 205 Å². The number of aromatic amines is 1. The largest absolute Gasteiger partial charge is 0.507 e. The topological polar surface area (TPSA) is 96.9 Å². The molecule has 186 valence electrons. The van der Waals surface area contributed by atoms with Crippen LogP contribution in [-0.4, -0.2) is 60.1 Å². The summed E-state index contributed by atoms with van der Waals surface area (Å²) in [5.74, 6) is 1.79. The summed E-state index contributed by atoms with van der Waals surface area (Å²) in [6, 6.07) is 12.4. The third-order valence-corrected chi connectivity index (χ3v) is 6.23. The zero-order valence-electron chi connectivity index (χ0n) is 20.7. The van der Waals surface area contributed by atoms with Crippen LogP contribution in [0.3, 0.4) is 0 Å². The van der Waals surface area contributed by atoms with Gasteiger partial charge in [0.05, 0.1) is 19.8 Å². The summed E-state index contributed by atoms with van der Waals surface area (Å²) in [6.45, 7) is 5.96. The number of hydrogen-bond acceptors (Lipinski definition) is 6. The molecule has 0 aliphatic carbocycles. The lowest BCUT2D eigenvalue weighted by molar-refractivity contribution is 0.0723. The number of carbonyl (C=O) groups excluding carboxylic acids is 1. The van der Waals surface area contributed by atoms with E-state index in [9.17, 15) is 9.90 Å².